The molecule has 3 nitrogen and oxygen atoms in total. The molecule has 1 aromatic heterocycles. The highest BCUT2D eigenvalue weighted by Crippen LogP contribution is 2.33. The lowest BCUT2D eigenvalue weighted by Crippen LogP contribution is -2.37. The number of hydrogen-bond donors (Lipinski definition) is 1. The summed E-state index contributed by atoms with van der Waals surface area (Å²) in [5, 5.41) is 7.26. The summed E-state index contributed by atoms with van der Waals surface area (Å²) < 4.78 is 15.9. The molecule has 0 atom stereocenters. The zero-order valence-corrected chi connectivity index (χ0v) is 7.76. The summed E-state index contributed by atoms with van der Waals surface area (Å²) in [4.78, 5) is 0. The van der Waals surface area contributed by atoms with E-state index < -0.39 is 5.67 Å². The van der Waals surface area contributed by atoms with Gasteiger partial charge in [-0.15, -0.1) is 0 Å². The van der Waals surface area contributed by atoms with E-state index in [4.69, 9.17) is 0 Å². The maximum Gasteiger partial charge on any atom is 0.156 e. The van der Waals surface area contributed by atoms with Gasteiger partial charge in [0.25, 0.3) is 0 Å². The second kappa shape index (κ2) is 3.10. The van der Waals surface area contributed by atoms with E-state index in [0.29, 0.717) is 18.5 Å². The van der Waals surface area contributed by atoms with E-state index in [1.807, 2.05) is 7.05 Å². The van der Waals surface area contributed by atoms with Crippen LogP contribution in [-0.2, 0) is 12.7 Å². The number of aryl methyl sites for hydroxylation is 1. The van der Waals surface area contributed by atoms with E-state index in [9.17, 15) is 4.39 Å². The van der Waals surface area contributed by atoms with Gasteiger partial charge in [-0.25, -0.2) is 4.39 Å². The molecular weight excluding hydrogens is 169 g/mol. The van der Waals surface area contributed by atoms with Crippen molar-refractivity contribution < 1.29 is 4.39 Å². The van der Waals surface area contributed by atoms with Gasteiger partial charge in [0.1, 0.15) is 0 Å². The fourth-order valence-electron chi connectivity index (χ4n) is 1.73. The van der Waals surface area contributed by atoms with Crippen LogP contribution in [0.2, 0.25) is 0 Å². The summed E-state index contributed by atoms with van der Waals surface area (Å²) in [7, 11) is 1.81. The van der Waals surface area contributed by atoms with Crippen LogP contribution in [0.25, 0.3) is 0 Å². The first-order chi connectivity index (χ1) is 6.21. The topological polar surface area (TPSA) is 29.9 Å². The Morgan fingerprint density at radius 2 is 2.23 bits per heavy atom. The first kappa shape index (κ1) is 8.69. The minimum Gasteiger partial charge on any atom is -0.316 e. The molecule has 2 heterocycles. The molecule has 1 fully saturated rings. The molecule has 0 amide bonds. The Labute approximate surface area is 76.9 Å². The van der Waals surface area contributed by atoms with Gasteiger partial charge < -0.3 is 5.32 Å². The summed E-state index contributed by atoms with van der Waals surface area (Å²) in [5.41, 5.74) is -0.622. The Balaban J connectivity index is 2.22. The Hall–Kier alpha value is -0.900. The second-order valence-corrected chi connectivity index (χ2v) is 3.59. The van der Waals surface area contributed by atoms with Crippen LogP contribution in [0, 0.1) is 0 Å². The van der Waals surface area contributed by atoms with Crippen molar-refractivity contribution in [3.8, 4) is 0 Å². The quantitative estimate of drug-likeness (QED) is 0.703. The standard InChI is InChI=1S/C9H14FN3/c1-13-7-2-8(12-13)9(10)3-5-11-6-4-9/h2,7,11H,3-6H2,1H3. The SMILES string of the molecule is Cn1ccc(C2(F)CCNCC2)n1. The Morgan fingerprint density at radius 1 is 1.54 bits per heavy atom. The molecule has 1 N–H and O–H groups in total. The predicted octanol–water partition coefficient (Wildman–Crippen LogP) is 0.968. The number of nitrogens with one attached hydrogen (secondary N) is 1. The van der Waals surface area contributed by atoms with Gasteiger partial charge in [0.2, 0.25) is 0 Å². The molecule has 1 aliphatic rings. The fourth-order valence-corrected chi connectivity index (χ4v) is 1.73. The molecule has 0 spiro atoms. The summed E-state index contributed by atoms with van der Waals surface area (Å²) in [6.45, 7) is 1.49. The summed E-state index contributed by atoms with van der Waals surface area (Å²) in [6.07, 6.45) is 2.85. The van der Waals surface area contributed by atoms with Gasteiger partial charge >= 0.3 is 0 Å². The first-order valence-electron chi connectivity index (χ1n) is 4.60. The minimum absolute atomic E-state index is 0.532. The molecule has 4 heteroatoms. The van der Waals surface area contributed by atoms with Gasteiger partial charge in [-0.3, -0.25) is 4.68 Å². The fraction of sp³-hybridized carbons (Fsp3) is 0.667. The van der Waals surface area contributed by atoms with Crippen LogP contribution in [-0.4, -0.2) is 22.9 Å². The molecule has 0 saturated carbocycles. The van der Waals surface area contributed by atoms with Gasteiger partial charge in [-0.1, -0.05) is 0 Å². The number of aromatic nitrogens is 2. The van der Waals surface area contributed by atoms with E-state index in [2.05, 4.69) is 10.4 Å². The Bertz CT molecular complexity index is 289. The van der Waals surface area contributed by atoms with Gasteiger partial charge in [0.05, 0.1) is 5.69 Å². The average Bonchev–Trinajstić information content (AvgIpc) is 2.54. The highest BCUT2D eigenvalue weighted by Gasteiger charge is 2.35. The molecule has 0 radical (unpaired) electrons. The Kier molecular flexibility index (Phi) is 2.07. The van der Waals surface area contributed by atoms with E-state index >= 15 is 0 Å². The van der Waals surface area contributed by atoms with Crippen molar-refractivity contribution in [3.63, 3.8) is 0 Å². The van der Waals surface area contributed by atoms with Crippen molar-refractivity contribution in [2.24, 2.45) is 7.05 Å². The number of alkyl halides is 1. The summed E-state index contributed by atoms with van der Waals surface area (Å²) in [5.74, 6) is 0. The lowest BCUT2D eigenvalue weighted by atomic mass is 9.91. The molecule has 1 saturated heterocycles. The average molecular weight is 183 g/mol. The highest BCUT2D eigenvalue weighted by atomic mass is 19.1. The maximum absolute atomic E-state index is 14.2. The normalized spacial score (nSPS) is 21.7. The number of piperidine rings is 1. The van der Waals surface area contributed by atoms with Gasteiger partial charge in [0, 0.05) is 13.2 Å². The van der Waals surface area contributed by atoms with Crippen LogP contribution in [0.3, 0.4) is 0 Å². The molecule has 0 unspecified atom stereocenters. The van der Waals surface area contributed by atoms with Crippen LogP contribution in [0.1, 0.15) is 18.5 Å². The van der Waals surface area contributed by atoms with Crippen molar-refractivity contribution in [1.29, 1.82) is 0 Å². The van der Waals surface area contributed by atoms with E-state index in [1.54, 1.807) is 16.9 Å². The van der Waals surface area contributed by atoms with Crippen molar-refractivity contribution in [3.05, 3.63) is 18.0 Å². The van der Waals surface area contributed by atoms with Gasteiger partial charge in [-0.05, 0) is 32.0 Å². The zero-order valence-electron chi connectivity index (χ0n) is 7.76. The largest absolute Gasteiger partial charge is 0.316 e. The number of hydrogen-bond acceptors (Lipinski definition) is 2. The number of nitrogens with zero attached hydrogens (tertiary/aromatic N) is 2. The second-order valence-electron chi connectivity index (χ2n) is 3.59. The van der Waals surface area contributed by atoms with E-state index in [1.165, 1.54) is 0 Å². The molecule has 72 valence electrons. The molecule has 1 aromatic rings. The van der Waals surface area contributed by atoms with Crippen molar-refractivity contribution >= 4 is 0 Å². The van der Waals surface area contributed by atoms with Crippen LogP contribution in [0.4, 0.5) is 4.39 Å². The highest BCUT2D eigenvalue weighted by molar-refractivity contribution is 5.12. The Morgan fingerprint density at radius 3 is 2.77 bits per heavy atom. The third-order valence-corrected chi connectivity index (χ3v) is 2.57. The lowest BCUT2D eigenvalue weighted by Gasteiger charge is -2.28. The zero-order chi connectivity index (χ0) is 9.31. The van der Waals surface area contributed by atoms with E-state index in [-0.39, 0.29) is 0 Å². The van der Waals surface area contributed by atoms with Crippen LogP contribution in [0.5, 0.6) is 0 Å². The molecule has 0 bridgehead atoms. The van der Waals surface area contributed by atoms with E-state index in [0.717, 1.165) is 13.1 Å². The monoisotopic (exact) mass is 183 g/mol. The van der Waals surface area contributed by atoms with Gasteiger partial charge in [0.15, 0.2) is 5.67 Å². The van der Waals surface area contributed by atoms with Crippen molar-refractivity contribution in [2.75, 3.05) is 13.1 Å². The van der Waals surface area contributed by atoms with Crippen LogP contribution in [0.15, 0.2) is 12.3 Å². The van der Waals surface area contributed by atoms with Crippen molar-refractivity contribution in [2.45, 2.75) is 18.5 Å². The smallest absolute Gasteiger partial charge is 0.156 e. The molecule has 2 rings (SSSR count). The van der Waals surface area contributed by atoms with Gasteiger partial charge in [-0.2, -0.15) is 5.10 Å². The molecule has 0 aliphatic carbocycles. The molecule has 0 aromatic carbocycles. The molecule has 1 aliphatic heterocycles. The number of rotatable bonds is 1. The van der Waals surface area contributed by atoms with Crippen LogP contribution < -0.4 is 5.32 Å². The molecule has 13 heavy (non-hydrogen) atoms. The minimum atomic E-state index is -1.20. The predicted molar refractivity (Wildman–Crippen MR) is 48.1 cm³/mol. The third-order valence-electron chi connectivity index (χ3n) is 2.57. The van der Waals surface area contributed by atoms with Crippen LogP contribution >= 0.6 is 0 Å². The lowest BCUT2D eigenvalue weighted by molar-refractivity contribution is 0.109. The van der Waals surface area contributed by atoms with Crippen molar-refractivity contribution in [1.82, 2.24) is 15.1 Å². The summed E-state index contributed by atoms with van der Waals surface area (Å²) in [6, 6.07) is 1.77. The first-order valence-corrected chi connectivity index (χ1v) is 4.60. The number of halogens is 1. The third kappa shape index (κ3) is 1.58. The molecular formula is C9H14FN3. The maximum atomic E-state index is 14.2. The summed E-state index contributed by atoms with van der Waals surface area (Å²) >= 11 is 0.